The number of thioether (sulfide) groups is 1. The van der Waals surface area contributed by atoms with E-state index in [1.807, 2.05) is 18.2 Å². The van der Waals surface area contributed by atoms with Crippen LogP contribution in [-0.4, -0.2) is 29.7 Å². The summed E-state index contributed by atoms with van der Waals surface area (Å²) in [7, 11) is 3.27. The number of rotatable bonds is 8. The van der Waals surface area contributed by atoms with Crippen LogP contribution in [0.4, 0.5) is 11.5 Å². The van der Waals surface area contributed by atoms with Crippen LogP contribution in [0.1, 0.15) is 23.9 Å². The zero-order valence-electron chi connectivity index (χ0n) is 17.6. The lowest BCUT2D eigenvalue weighted by Crippen LogP contribution is -2.35. The molecule has 0 unspecified atom stereocenters. The second-order valence-electron chi connectivity index (χ2n) is 7.03. The van der Waals surface area contributed by atoms with E-state index in [0.29, 0.717) is 23.1 Å². The Kier molecular flexibility index (Phi) is 6.66. The molecule has 3 rings (SSSR count). The molecule has 0 fully saturated rings. The van der Waals surface area contributed by atoms with Crippen molar-refractivity contribution in [3.63, 3.8) is 0 Å². The van der Waals surface area contributed by atoms with Gasteiger partial charge in [0.15, 0.2) is 0 Å². The van der Waals surface area contributed by atoms with Crippen LogP contribution in [0.25, 0.3) is 0 Å². The third-order valence-corrected chi connectivity index (χ3v) is 5.87. The lowest BCUT2D eigenvalue weighted by atomic mass is 10.1. The molecule has 2 aromatic heterocycles. The molecular formula is C20H26N6O3S. The van der Waals surface area contributed by atoms with Gasteiger partial charge in [-0.1, -0.05) is 13.0 Å². The highest BCUT2D eigenvalue weighted by Crippen LogP contribution is 2.18. The van der Waals surface area contributed by atoms with Crippen molar-refractivity contribution in [2.24, 2.45) is 14.1 Å². The minimum absolute atomic E-state index is 0.180. The van der Waals surface area contributed by atoms with Gasteiger partial charge in [-0.3, -0.25) is 18.9 Å². The first-order valence-corrected chi connectivity index (χ1v) is 10.8. The molecular weight excluding hydrogens is 404 g/mol. The topological polar surface area (TPSA) is 107 Å². The predicted octanol–water partition coefficient (Wildman–Crippen LogP) is 1.52. The third-order valence-electron chi connectivity index (χ3n) is 4.94. The number of anilines is 2. The Morgan fingerprint density at radius 1 is 1.17 bits per heavy atom. The number of hydrogen-bond donors (Lipinski definition) is 2. The lowest BCUT2D eigenvalue weighted by molar-refractivity contribution is 0.680. The van der Waals surface area contributed by atoms with E-state index in [9.17, 15) is 14.4 Å². The maximum Gasteiger partial charge on any atom is 0.345 e. The van der Waals surface area contributed by atoms with Crippen molar-refractivity contribution in [1.82, 2.24) is 23.9 Å². The molecule has 0 saturated carbocycles. The van der Waals surface area contributed by atoms with E-state index in [0.717, 1.165) is 12.1 Å². The second kappa shape index (κ2) is 9.21. The van der Waals surface area contributed by atoms with Gasteiger partial charge in [-0.25, -0.2) is 14.3 Å². The minimum atomic E-state index is -0.460. The van der Waals surface area contributed by atoms with Crippen molar-refractivity contribution in [3.05, 3.63) is 72.5 Å². The van der Waals surface area contributed by atoms with Crippen molar-refractivity contribution < 1.29 is 0 Å². The summed E-state index contributed by atoms with van der Waals surface area (Å²) in [4.78, 5) is 39.2. The van der Waals surface area contributed by atoms with Crippen molar-refractivity contribution in [1.29, 1.82) is 0 Å². The minimum Gasteiger partial charge on any atom is -0.342 e. The van der Waals surface area contributed by atoms with E-state index in [4.69, 9.17) is 0 Å². The maximum absolute atomic E-state index is 12.4. The fraction of sp³-hybridized carbons (Fsp3) is 0.400. The predicted molar refractivity (Wildman–Crippen MR) is 120 cm³/mol. The molecule has 0 aliphatic heterocycles. The fourth-order valence-corrected chi connectivity index (χ4v) is 4.03. The van der Waals surface area contributed by atoms with Gasteiger partial charge in [-0.05, 0) is 36.6 Å². The number of aromatic nitrogens is 5. The molecule has 2 N–H and O–H groups in total. The SMILES string of the molecule is CCc1cc(Nc2cc(=O)n(CCSCc3nn(C)c(=O)n3C)c(=O)[nH]2)ccc1C. The van der Waals surface area contributed by atoms with Crippen molar-refractivity contribution in [2.75, 3.05) is 11.1 Å². The van der Waals surface area contributed by atoms with E-state index in [1.165, 1.54) is 42.8 Å². The van der Waals surface area contributed by atoms with E-state index < -0.39 is 5.69 Å². The summed E-state index contributed by atoms with van der Waals surface area (Å²) in [5, 5.41) is 7.26. The normalized spacial score (nSPS) is 11.1. The van der Waals surface area contributed by atoms with Crippen LogP contribution in [0.15, 0.2) is 38.6 Å². The molecule has 9 nitrogen and oxygen atoms in total. The van der Waals surface area contributed by atoms with Crippen LogP contribution in [0, 0.1) is 6.92 Å². The Hall–Kier alpha value is -3.01. The Labute approximate surface area is 177 Å². The number of nitrogens with one attached hydrogen (secondary N) is 2. The highest BCUT2D eigenvalue weighted by atomic mass is 32.2. The smallest absolute Gasteiger partial charge is 0.342 e. The van der Waals surface area contributed by atoms with Gasteiger partial charge in [0.1, 0.15) is 11.6 Å². The molecule has 0 atom stereocenters. The van der Waals surface area contributed by atoms with Crippen LogP contribution in [0.5, 0.6) is 0 Å². The van der Waals surface area contributed by atoms with E-state index in [1.54, 1.807) is 14.1 Å². The molecule has 160 valence electrons. The van der Waals surface area contributed by atoms with Gasteiger partial charge < -0.3 is 5.32 Å². The highest BCUT2D eigenvalue weighted by molar-refractivity contribution is 7.98. The summed E-state index contributed by atoms with van der Waals surface area (Å²) >= 11 is 1.50. The van der Waals surface area contributed by atoms with Crippen molar-refractivity contribution >= 4 is 23.3 Å². The molecule has 0 radical (unpaired) electrons. The van der Waals surface area contributed by atoms with Gasteiger partial charge in [0.2, 0.25) is 0 Å². The zero-order valence-corrected chi connectivity index (χ0v) is 18.4. The zero-order chi connectivity index (χ0) is 21.8. The molecule has 1 aromatic carbocycles. The molecule has 30 heavy (non-hydrogen) atoms. The molecule has 2 heterocycles. The lowest BCUT2D eigenvalue weighted by Gasteiger charge is -2.11. The molecule has 0 amide bonds. The fourth-order valence-electron chi connectivity index (χ4n) is 3.14. The first-order chi connectivity index (χ1) is 14.3. The van der Waals surface area contributed by atoms with Gasteiger partial charge in [0.05, 0.1) is 5.75 Å². The first kappa shape index (κ1) is 21.7. The Bertz CT molecular complexity index is 1190. The molecule has 3 aromatic rings. The largest absolute Gasteiger partial charge is 0.345 e. The van der Waals surface area contributed by atoms with Gasteiger partial charge in [0.25, 0.3) is 5.56 Å². The van der Waals surface area contributed by atoms with E-state index >= 15 is 0 Å². The molecule has 10 heteroatoms. The summed E-state index contributed by atoms with van der Waals surface area (Å²) in [5.74, 6) is 2.07. The Morgan fingerprint density at radius 3 is 2.57 bits per heavy atom. The average molecular weight is 431 g/mol. The van der Waals surface area contributed by atoms with Gasteiger partial charge >= 0.3 is 11.4 Å². The number of H-pyrrole nitrogens is 1. The van der Waals surface area contributed by atoms with Crippen molar-refractivity contribution in [3.8, 4) is 0 Å². The van der Waals surface area contributed by atoms with Gasteiger partial charge in [-0.15, -0.1) is 0 Å². The standard InChI is InChI=1S/C20H26N6O3S/c1-5-14-10-15(7-6-13(14)2)21-16-11-18(27)26(19(28)22-16)8-9-30-12-17-23-25(4)20(29)24(17)3/h6-7,10-11,21H,5,8-9,12H2,1-4H3,(H,22,28). The number of aryl methyl sites for hydroxylation is 3. The van der Waals surface area contributed by atoms with Crippen LogP contribution < -0.4 is 22.3 Å². The van der Waals surface area contributed by atoms with Crippen LogP contribution >= 0.6 is 11.8 Å². The summed E-state index contributed by atoms with van der Waals surface area (Å²) in [6.45, 7) is 4.40. The van der Waals surface area contributed by atoms with Crippen molar-refractivity contribution in [2.45, 2.75) is 32.6 Å². The highest BCUT2D eigenvalue weighted by Gasteiger charge is 2.09. The van der Waals surface area contributed by atoms with E-state index in [-0.39, 0.29) is 17.8 Å². The summed E-state index contributed by atoms with van der Waals surface area (Å²) in [5.41, 5.74) is 2.23. The Morgan fingerprint density at radius 2 is 1.93 bits per heavy atom. The maximum atomic E-state index is 12.4. The number of aromatic amines is 1. The summed E-state index contributed by atoms with van der Waals surface area (Å²) in [6, 6.07) is 7.33. The number of nitrogens with zero attached hydrogens (tertiary/aromatic N) is 4. The summed E-state index contributed by atoms with van der Waals surface area (Å²) < 4.78 is 3.94. The third kappa shape index (κ3) is 4.76. The molecule has 0 bridgehead atoms. The Balaban J connectivity index is 1.64. The van der Waals surface area contributed by atoms with Crippen LogP contribution in [0.3, 0.4) is 0 Å². The molecule has 0 aliphatic carbocycles. The first-order valence-electron chi connectivity index (χ1n) is 9.67. The summed E-state index contributed by atoms with van der Waals surface area (Å²) in [6.07, 6.45) is 0.907. The quantitative estimate of drug-likeness (QED) is 0.525. The van der Waals surface area contributed by atoms with Crippen LogP contribution in [0.2, 0.25) is 0 Å². The van der Waals surface area contributed by atoms with E-state index in [2.05, 4.69) is 29.2 Å². The van der Waals surface area contributed by atoms with Gasteiger partial charge in [0, 0.05) is 38.1 Å². The molecule has 0 spiro atoms. The number of hydrogen-bond acceptors (Lipinski definition) is 6. The monoisotopic (exact) mass is 430 g/mol. The second-order valence-corrected chi connectivity index (χ2v) is 8.14. The van der Waals surface area contributed by atoms with Gasteiger partial charge in [-0.2, -0.15) is 16.9 Å². The number of benzene rings is 1. The van der Waals surface area contributed by atoms with Crippen LogP contribution in [-0.2, 0) is 32.8 Å². The average Bonchev–Trinajstić information content (AvgIpc) is 2.95. The molecule has 0 saturated heterocycles. The molecule has 0 aliphatic rings.